The fourth-order valence-electron chi connectivity index (χ4n) is 4.04. The van der Waals surface area contributed by atoms with Crippen LogP contribution in [0.25, 0.3) is 11.0 Å². The Bertz CT molecular complexity index is 755. The quantitative estimate of drug-likeness (QED) is 0.918. The van der Waals surface area contributed by atoms with E-state index in [-0.39, 0.29) is 17.9 Å². The first-order valence-corrected chi connectivity index (χ1v) is 9.02. The third-order valence-electron chi connectivity index (χ3n) is 5.67. The van der Waals surface area contributed by atoms with E-state index in [1.54, 1.807) is 6.33 Å². The molecule has 4 rings (SSSR count). The highest BCUT2D eigenvalue weighted by Crippen LogP contribution is 2.29. The van der Waals surface area contributed by atoms with Crippen LogP contribution in [0.5, 0.6) is 0 Å². The molecule has 2 aromatic rings. The molecule has 2 fully saturated rings. The molecule has 7 nitrogen and oxygen atoms in total. The van der Waals surface area contributed by atoms with Crippen molar-refractivity contribution in [3.05, 3.63) is 18.6 Å². The number of amides is 1. The molecule has 2 saturated heterocycles. The molecule has 2 aliphatic rings. The number of carbonyl (C=O) groups is 1. The monoisotopic (exact) mass is 343 g/mol. The Hall–Kier alpha value is -2.15. The van der Waals surface area contributed by atoms with Crippen molar-refractivity contribution in [3.63, 3.8) is 0 Å². The smallest absolute Gasteiger partial charge is 0.228 e. The van der Waals surface area contributed by atoms with E-state index in [2.05, 4.69) is 33.8 Å². The van der Waals surface area contributed by atoms with E-state index >= 15 is 0 Å². The van der Waals surface area contributed by atoms with Crippen molar-refractivity contribution >= 4 is 22.8 Å². The van der Waals surface area contributed by atoms with Gasteiger partial charge < -0.3 is 19.5 Å². The Labute approximate surface area is 147 Å². The summed E-state index contributed by atoms with van der Waals surface area (Å²) in [7, 11) is 2.07. The molecule has 0 aliphatic carbocycles. The molecule has 0 bridgehead atoms. The number of ether oxygens (including phenoxy) is 1. The van der Waals surface area contributed by atoms with Crippen molar-refractivity contribution in [2.45, 2.75) is 25.8 Å². The molecule has 1 N–H and O–H groups in total. The van der Waals surface area contributed by atoms with Gasteiger partial charge in [-0.3, -0.25) is 4.79 Å². The number of nitrogens with zero attached hydrogens (tertiary/aromatic N) is 4. The van der Waals surface area contributed by atoms with Gasteiger partial charge in [0.15, 0.2) is 0 Å². The zero-order valence-corrected chi connectivity index (χ0v) is 14.8. The number of aromatic amines is 1. The van der Waals surface area contributed by atoms with Crippen molar-refractivity contribution in [1.82, 2.24) is 19.9 Å². The van der Waals surface area contributed by atoms with Crippen LogP contribution in [0.2, 0.25) is 0 Å². The number of likely N-dealkylation sites (tertiary alicyclic amines) is 1. The van der Waals surface area contributed by atoms with Gasteiger partial charge in [0, 0.05) is 32.9 Å². The van der Waals surface area contributed by atoms with Crippen LogP contribution in [0.4, 0.5) is 5.82 Å². The molecular formula is C18H25N5O2. The van der Waals surface area contributed by atoms with Crippen LogP contribution in [0.15, 0.2) is 18.6 Å². The van der Waals surface area contributed by atoms with E-state index in [1.807, 2.05) is 17.2 Å². The van der Waals surface area contributed by atoms with E-state index < -0.39 is 0 Å². The summed E-state index contributed by atoms with van der Waals surface area (Å²) in [6.45, 7) is 5.11. The van der Waals surface area contributed by atoms with Crippen LogP contribution in [-0.2, 0) is 9.53 Å². The molecule has 0 spiro atoms. The minimum absolute atomic E-state index is 0.0368. The number of carbonyl (C=O) groups excluding carboxylic acids is 1. The summed E-state index contributed by atoms with van der Waals surface area (Å²) in [4.78, 5) is 28.9. The number of aromatic nitrogens is 3. The lowest BCUT2D eigenvalue weighted by Gasteiger charge is -2.42. The zero-order valence-electron chi connectivity index (χ0n) is 14.8. The molecule has 0 aromatic carbocycles. The summed E-state index contributed by atoms with van der Waals surface area (Å²) >= 11 is 0. The van der Waals surface area contributed by atoms with E-state index in [1.165, 1.54) is 0 Å². The molecule has 1 unspecified atom stereocenters. The highest BCUT2D eigenvalue weighted by Gasteiger charge is 2.36. The number of hydrogen-bond donors (Lipinski definition) is 1. The molecule has 3 atom stereocenters. The van der Waals surface area contributed by atoms with Crippen LogP contribution < -0.4 is 4.90 Å². The molecule has 7 heteroatoms. The van der Waals surface area contributed by atoms with Crippen LogP contribution >= 0.6 is 0 Å². The second-order valence-corrected chi connectivity index (χ2v) is 7.23. The number of piperidine rings is 1. The number of fused-ring (bicyclic) bond motifs is 1. The maximum atomic E-state index is 12.8. The Morgan fingerprint density at radius 3 is 3.08 bits per heavy atom. The number of rotatable bonds is 3. The molecule has 2 aromatic heterocycles. The van der Waals surface area contributed by atoms with E-state index in [0.717, 1.165) is 42.8 Å². The first-order valence-electron chi connectivity index (χ1n) is 9.02. The van der Waals surface area contributed by atoms with Crippen molar-refractivity contribution in [2.75, 3.05) is 38.3 Å². The van der Waals surface area contributed by atoms with Gasteiger partial charge in [-0.25, -0.2) is 9.97 Å². The van der Waals surface area contributed by atoms with Gasteiger partial charge in [0.05, 0.1) is 24.0 Å². The highest BCUT2D eigenvalue weighted by atomic mass is 16.5. The second kappa shape index (κ2) is 6.63. The largest absolute Gasteiger partial charge is 0.381 e. The van der Waals surface area contributed by atoms with E-state index in [4.69, 9.17) is 4.74 Å². The van der Waals surface area contributed by atoms with Crippen molar-refractivity contribution in [3.8, 4) is 0 Å². The minimum atomic E-state index is 0.0368. The molecule has 4 heterocycles. The Kier molecular flexibility index (Phi) is 4.33. The second-order valence-electron chi connectivity index (χ2n) is 7.23. The number of likely N-dealkylation sites (N-methyl/N-ethyl adjacent to an activating group) is 1. The van der Waals surface area contributed by atoms with Crippen LogP contribution in [0.1, 0.15) is 19.8 Å². The number of H-pyrrole nitrogens is 1. The predicted molar refractivity (Wildman–Crippen MR) is 95.4 cm³/mol. The van der Waals surface area contributed by atoms with Gasteiger partial charge in [-0.15, -0.1) is 0 Å². The van der Waals surface area contributed by atoms with Gasteiger partial charge in [0.2, 0.25) is 5.91 Å². The maximum Gasteiger partial charge on any atom is 0.228 e. The lowest BCUT2D eigenvalue weighted by molar-refractivity contribution is -0.137. The first kappa shape index (κ1) is 16.3. The van der Waals surface area contributed by atoms with Crippen LogP contribution in [0, 0.1) is 11.8 Å². The summed E-state index contributed by atoms with van der Waals surface area (Å²) in [5.74, 6) is 1.70. The van der Waals surface area contributed by atoms with Crippen molar-refractivity contribution < 1.29 is 9.53 Å². The third kappa shape index (κ3) is 2.97. The molecule has 134 valence electrons. The van der Waals surface area contributed by atoms with Crippen molar-refractivity contribution in [1.29, 1.82) is 0 Å². The van der Waals surface area contributed by atoms with Crippen LogP contribution in [-0.4, -0.2) is 65.2 Å². The normalized spacial score (nSPS) is 27.0. The fraction of sp³-hybridized carbons (Fsp3) is 0.611. The van der Waals surface area contributed by atoms with Gasteiger partial charge in [0.1, 0.15) is 17.8 Å². The van der Waals surface area contributed by atoms with Gasteiger partial charge in [-0.05, 0) is 24.8 Å². The summed E-state index contributed by atoms with van der Waals surface area (Å²) in [6, 6.07) is 2.25. The molecule has 25 heavy (non-hydrogen) atoms. The molecule has 0 saturated carbocycles. The lowest BCUT2D eigenvalue weighted by Crippen LogP contribution is -2.54. The first-order chi connectivity index (χ1) is 12.1. The maximum absolute atomic E-state index is 12.8. The third-order valence-corrected chi connectivity index (χ3v) is 5.67. The number of nitrogens with one attached hydrogen (secondary N) is 1. The Morgan fingerprint density at radius 2 is 2.28 bits per heavy atom. The van der Waals surface area contributed by atoms with Gasteiger partial charge in [0.25, 0.3) is 0 Å². The number of anilines is 1. The fourth-order valence-corrected chi connectivity index (χ4v) is 4.04. The number of hydrogen-bond acceptors (Lipinski definition) is 5. The Balaban J connectivity index is 1.55. The predicted octanol–water partition coefficient (Wildman–Crippen LogP) is 1.67. The SMILES string of the molecule is C[C@@H]1CCN(C(=O)C2CCOC2)C[C@@H]1N(C)c1ncnc2[nH]ccc12. The molecule has 1 amide bonds. The zero-order chi connectivity index (χ0) is 17.4. The summed E-state index contributed by atoms with van der Waals surface area (Å²) in [5, 5.41) is 1.02. The van der Waals surface area contributed by atoms with E-state index in [0.29, 0.717) is 19.1 Å². The topological polar surface area (TPSA) is 74.3 Å². The lowest BCUT2D eigenvalue weighted by atomic mass is 9.91. The average Bonchev–Trinajstić information content (AvgIpc) is 3.32. The van der Waals surface area contributed by atoms with Crippen LogP contribution in [0.3, 0.4) is 0 Å². The molecular weight excluding hydrogens is 318 g/mol. The molecule has 0 radical (unpaired) electrons. The standard InChI is InChI=1S/C18H25N5O2/c1-12-4-7-23(18(24)13-5-8-25-10-13)9-15(12)22(2)17-14-3-6-19-16(14)20-11-21-17/h3,6,11-13,15H,4-5,7-10H2,1-2H3,(H,19,20,21)/t12-,13?,15+/m1/s1. The summed E-state index contributed by atoms with van der Waals surface area (Å²) in [5.41, 5.74) is 0.844. The van der Waals surface area contributed by atoms with Gasteiger partial charge in [-0.2, -0.15) is 0 Å². The Morgan fingerprint density at radius 1 is 1.40 bits per heavy atom. The van der Waals surface area contributed by atoms with Crippen molar-refractivity contribution in [2.24, 2.45) is 11.8 Å². The molecule has 2 aliphatic heterocycles. The van der Waals surface area contributed by atoms with E-state index in [9.17, 15) is 4.79 Å². The highest BCUT2D eigenvalue weighted by molar-refractivity contribution is 5.87. The van der Waals surface area contributed by atoms with Gasteiger partial charge in [-0.1, -0.05) is 6.92 Å². The summed E-state index contributed by atoms with van der Waals surface area (Å²) < 4.78 is 5.39. The summed E-state index contributed by atoms with van der Waals surface area (Å²) in [6.07, 6.45) is 5.34. The minimum Gasteiger partial charge on any atom is -0.381 e. The van der Waals surface area contributed by atoms with Gasteiger partial charge >= 0.3 is 0 Å². The average molecular weight is 343 g/mol.